The Hall–Kier alpha value is -2.23. The van der Waals surface area contributed by atoms with Crippen LogP contribution < -0.4 is 15.9 Å². The third kappa shape index (κ3) is 2.78. The quantitative estimate of drug-likeness (QED) is 0.858. The second kappa shape index (κ2) is 5.18. The lowest BCUT2D eigenvalue weighted by molar-refractivity contribution is 0.408. The summed E-state index contributed by atoms with van der Waals surface area (Å²) in [7, 11) is 1.64. The fraction of sp³-hybridized carbons (Fsp3) is 0.267. The first-order valence-corrected chi connectivity index (χ1v) is 6.11. The lowest BCUT2D eigenvalue weighted by Crippen LogP contribution is -2.14. The molecule has 1 aromatic carbocycles. The number of rotatable bonds is 3. The Kier molecular flexibility index (Phi) is 3.60. The second-order valence-corrected chi connectivity index (χ2v) is 4.63. The molecule has 0 spiro atoms. The maximum atomic E-state index is 11.4. The minimum absolute atomic E-state index is 0.0331. The molecule has 0 saturated heterocycles. The first-order valence-electron chi connectivity index (χ1n) is 6.11. The second-order valence-electron chi connectivity index (χ2n) is 4.63. The van der Waals surface area contributed by atoms with Crippen molar-refractivity contribution in [2.45, 2.75) is 20.4 Å². The summed E-state index contributed by atoms with van der Waals surface area (Å²) in [6, 6.07) is 8.83. The van der Waals surface area contributed by atoms with Crippen LogP contribution in [-0.4, -0.2) is 11.7 Å². The van der Waals surface area contributed by atoms with E-state index in [4.69, 9.17) is 10.5 Å². The van der Waals surface area contributed by atoms with E-state index < -0.39 is 0 Å². The van der Waals surface area contributed by atoms with E-state index in [1.54, 1.807) is 19.2 Å². The number of benzene rings is 1. The number of methoxy groups -OCH3 is 1. The number of nitrogens with two attached hydrogens (primary N) is 1. The van der Waals surface area contributed by atoms with E-state index in [9.17, 15) is 4.79 Å². The molecule has 2 aromatic rings. The molecule has 0 aliphatic carbocycles. The van der Waals surface area contributed by atoms with Crippen LogP contribution in [0.5, 0.6) is 5.75 Å². The monoisotopic (exact) mass is 258 g/mol. The van der Waals surface area contributed by atoms with Crippen LogP contribution >= 0.6 is 0 Å². The van der Waals surface area contributed by atoms with Gasteiger partial charge in [-0.3, -0.25) is 4.79 Å². The molecule has 0 fully saturated rings. The van der Waals surface area contributed by atoms with Crippen LogP contribution in [0.4, 0.5) is 5.69 Å². The number of nitrogen functional groups attached to an aromatic ring is 1. The normalized spacial score (nSPS) is 10.5. The van der Waals surface area contributed by atoms with Gasteiger partial charge < -0.3 is 15.0 Å². The minimum atomic E-state index is 0.0331. The molecule has 2 rings (SSSR count). The molecule has 1 heterocycles. The van der Waals surface area contributed by atoms with Crippen molar-refractivity contribution in [2.75, 3.05) is 12.8 Å². The van der Waals surface area contributed by atoms with Gasteiger partial charge in [-0.15, -0.1) is 0 Å². The van der Waals surface area contributed by atoms with E-state index in [0.29, 0.717) is 12.2 Å². The highest BCUT2D eigenvalue weighted by molar-refractivity contribution is 5.48. The minimum Gasteiger partial charge on any atom is -0.496 e. The van der Waals surface area contributed by atoms with E-state index in [1.165, 1.54) is 0 Å². The lowest BCUT2D eigenvalue weighted by atomic mass is 10.1. The number of anilines is 1. The van der Waals surface area contributed by atoms with Crippen molar-refractivity contribution in [3.8, 4) is 5.75 Å². The smallest absolute Gasteiger partial charge is 0.182 e. The molecule has 0 unspecified atom stereocenters. The molecule has 0 saturated carbocycles. The fourth-order valence-electron chi connectivity index (χ4n) is 2.23. The third-order valence-electron chi connectivity index (χ3n) is 3.19. The number of ether oxygens (including phenoxy) is 1. The molecule has 0 radical (unpaired) electrons. The number of aryl methyl sites for hydroxylation is 2. The number of hydrogen-bond donors (Lipinski definition) is 1. The van der Waals surface area contributed by atoms with Gasteiger partial charge in [0.1, 0.15) is 5.75 Å². The van der Waals surface area contributed by atoms with Gasteiger partial charge in [0.05, 0.1) is 13.7 Å². The topological polar surface area (TPSA) is 57.2 Å². The van der Waals surface area contributed by atoms with Crippen molar-refractivity contribution < 1.29 is 4.74 Å². The average molecular weight is 258 g/mol. The Bertz CT molecular complexity index is 633. The molecule has 2 N–H and O–H groups in total. The zero-order valence-corrected chi connectivity index (χ0v) is 11.4. The first-order chi connectivity index (χ1) is 9.01. The van der Waals surface area contributed by atoms with Gasteiger partial charge >= 0.3 is 0 Å². The van der Waals surface area contributed by atoms with Crippen LogP contribution in [0.25, 0.3) is 0 Å². The molecule has 0 aliphatic heterocycles. The van der Waals surface area contributed by atoms with E-state index in [2.05, 4.69) is 4.57 Å². The number of aromatic nitrogens is 1. The van der Waals surface area contributed by atoms with Crippen molar-refractivity contribution in [3.05, 3.63) is 57.5 Å². The Labute approximate surface area is 112 Å². The third-order valence-corrected chi connectivity index (χ3v) is 3.19. The van der Waals surface area contributed by atoms with Gasteiger partial charge in [-0.25, -0.2) is 0 Å². The van der Waals surface area contributed by atoms with Crippen molar-refractivity contribution >= 4 is 5.69 Å². The molecule has 4 nitrogen and oxygen atoms in total. The summed E-state index contributed by atoms with van der Waals surface area (Å²) in [5.74, 6) is 0.798. The molecule has 4 heteroatoms. The Morgan fingerprint density at radius 2 is 1.79 bits per heavy atom. The zero-order valence-electron chi connectivity index (χ0n) is 11.4. The van der Waals surface area contributed by atoms with Crippen molar-refractivity contribution in [1.82, 2.24) is 4.57 Å². The number of pyridine rings is 1. The van der Waals surface area contributed by atoms with Crippen LogP contribution in [0.15, 0.2) is 35.1 Å². The van der Waals surface area contributed by atoms with E-state index >= 15 is 0 Å². The van der Waals surface area contributed by atoms with Crippen LogP contribution in [0.1, 0.15) is 17.0 Å². The van der Waals surface area contributed by atoms with Crippen LogP contribution in [0.2, 0.25) is 0 Å². The Morgan fingerprint density at radius 1 is 1.16 bits per heavy atom. The molecule has 0 amide bonds. The Morgan fingerprint density at radius 3 is 2.37 bits per heavy atom. The molecule has 0 bridgehead atoms. The van der Waals surface area contributed by atoms with E-state index in [-0.39, 0.29) is 5.43 Å². The standard InChI is InChI=1S/C15H18N2O2/c1-10-6-14(18)7-11(2)17(10)9-12-8-13(16)4-5-15(12)19-3/h4-8H,9,16H2,1-3H3. The summed E-state index contributed by atoms with van der Waals surface area (Å²) >= 11 is 0. The molecule has 0 aliphatic rings. The molecule has 100 valence electrons. The van der Waals surface area contributed by atoms with Gasteiger partial charge in [-0.05, 0) is 32.0 Å². The predicted molar refractivity (Wildman–Crippen MR) is 76.7 cm³/mol. The molecule has 1 aromatic heterocycles. The number of hydrogen-bond acceptors (Lipinski definition) is 3. The van der Waals surface area contributed by atoms with E-state index in [1.807, 2.05) is 32.0 Å². The summed E-state index contributed by atoms with van der Waals surface area (Å²) in [6.45, 7) is 4.48. The maximum Gasteiger partial charge on any atom is 0.182 e. The van der Waals surface area contributed by atoms with Gasteiger partial charge in [0, 0.05) is 34.8 Å². The van der Waals surface area contributed by atoms with Crippen molar-refractivity contribution in [2.24, 2.45) is 0 Å². The average Bonchev–Trinajstić information content (AvgIpc) is 2.34. The SMILES string of the molecule is COc1ccc(N)cc1Cn1c(C)cc(=O)cc1C. The Balaban J connectivity index is 2.47. The zero-order chi connectivity index (χ0) is 14.0. The van der Waals surface area contributed by atoms with Gasteiger partial charge in [0.25, 0.3) is 0 Å². The van der Waals surface area contributed by atoms with Gasteiger partial charge in [-0.1, -0.05) is 0 Å². The summed E-state index contributed by atoms with van der Waals surface area (Å²) in [5.41, 5.74) is 9.40. The van der Waals surface area contributed by atoms with Crippen LogP contribution in [0, 0.1) is 13.8 Å². The van der Waals surface area contributed by atoms with Crippen LogP contribution in [-0.2, 0) is 6.54 Å². The molecule has 19 heavy (non-hydrogen) atoms. The summed E-state index contributed by atoms with van der Waals surface area (Å²) < 4.78 is 7.41. The summed E-state index contributed by atoms with van der Waals surface area (Å²) in [5, 5.41) is 0. The highest BCUT2D eigenvalue weighted by Gasteiger charge is 2.07. The summed E-state index contributed by atoms with van der Waals surface area (Å²) in [4.78, 5) is 11.4. The van der Waals surface area contributed by atoms with Gasteiger partial charge in [0.2, 0.25) is 0 Å². The molecular weight excluding hydrogens is 240 g/mol. The van der Waals surface area contributed by atoms with Gasteiger partial charge in [0.15, 0.2) is 5.43 Å². The molecule has 0 atom stereocenters. The van der Waals surface area contributed by atoms with Crippen molar-refractivity contribution in [1.29, 1.82) is 0 Å². The molecular formula is C15H18N2O2. The van der Waals surface area contributed by atoms with Crippen LogP contribution in [0.3, 0.4) is 0 Å². The highest BCUT2D eigenvalue weighted by Crippen LogP contribution is 2.22. The van der Waals surface area contributed by atoms with Crippen molar-refractivity contribution in [3.63, 3.8) is 0 Å². The van der Waals surface area contributed by atoms with Gasteiger partial charge in [-0.2, -0.15) is 0 Å². The summed E-state index contributed by atoms with van der Waals surface area (Å²) in [6.07, 6.45) is 0. The predicted octanol–water partition coefficient (Wildman–Crippen LogP) is 2.10. The number of nitrogens with zero attached hydrogens (tertiary/aromatic N) is 1. The van der Waals surface area contributed by atoms with E-state index in [0.717, 1.165) is 22.7 Å². The first kappa shape index (κ1) is 13.2. The maximum absolute atomic E-state index is 11.4. The highest BCUT2D eigenvalue weighted by atomic mass is 16.5. The fourth-order valence-corrected chi connectivity index (χ4v) is 2.23. The largest absolute Gasteiger partial charge is 0.496 e. The lowest BCUT2D eigenvalue weighted by Gasteiger charge is -2.16.